The van der Waals surface area contributed by atoms with Gasteiger partial charge in [-0.3, -0.25) is 0 Å². The summed E-state index contributed by atoms with van der Waals surface area (Å²) in [5.41, 5.74) is 1.70. The minimum absolute atomic E-state index is 0.182. The maximum absolute atomic E-state index is 12.8. The summed E-state index contributed by atoms with van der Waals surface area (Å²) < 4.78 is 11.5. The number of rotatable bonds is 9. The summed E-state index contributed by atoms with van der Waals surface area (Å²) in [6.07, 6.45) is 0.665. The third kappa shape index (κ3) is 6.82. The van der Waals surface area contributed by atoms with Crippen LogP contribution < -0.4 is 10.1 Å². The summed E-state index contributed by atoms with van der Waals surface area (Å²) in [4.78, 5) is 12.8. The lowest BCUT2D eigenvalue weighted by atomic mass is 10.0. The van der Waals surface area contributed by atoms with Gasteiger partial charge >= 0.3 is 5.97 Å². The van der Waals surface area contributed by atoms with Crippen LogP contribution in [-0.2, 0) is 16.1 Å². The molecular weight excluding hydrogens is 398 g/mol. The van der Waals surface area contributed by atoms with Crippen molar-refractivity contribution >= 4 is 23.3 Å². The predicted molar refractivity (Wildman–Crippen MR) is 121 cm³/mol. The molecule has 1 N–H and O–H groups in total. The van der Waals surface area contributed by atoms with Gasteiger partial charge in [-0.2, -0.15) is 0 Å². The van der Waals surface area contributed by atoms with Gasteiger partial charge in [0.25, 0.3) is 0 Å². The molecule has 0 aromatic heterocycles. The molecule has 0 aliphatic carbocycles. The van der Waals surface area contributed by atoms with Crippen LogP contribution in [0.2, 0.25) is 5.02 Å². The van der Waals surface area contributed by atoms with Crippen LogP contribution in [0, 0.1) is 5.92 Å². The van der Waals surface area contributed by atoms with Gasteiger partial charge in [0.2, 0.25) is 0 Å². The minimum atomic E-state index is -0.435. The summed E-state index contributed by atoms with van der Waals surface area (Å²) in [5, 5.41) is 3.91. The Morgan fingerprint density at radius 2 is 1.63 bits per heavy atom. The van der Waals surface area contributed by atoms with Crippen molar-refractivity contribution in [2.75, 3.05) is 5.32 Å². The van der Waals surface area contributed by atoms with Crippen LogP contribution in [0.25, 0.3) is 0 Å². The molecule has 30 heavy (non-hydrogen) atoms. The lowest BCUT2D eigenvalue weighted by Gasteiger charge is -2.20. The van der Waals surface area contributed by atoms with Crippen LogP contribution in [0.3, 0.4) is 0 Å². The zero-order chi connectivity index (χ0) is 21.3. The van der Waals surface area contributed by atoms with Crippen molar-refractivity contribution in [3.05, 3.63) is 89.4 Å². The Bertz CT molecular complexity index is 942. The number of esters is 1. The molecule has 0 fully saturated rings. The van der Waals surface area contributed by atoms with Gasteiger partial charge < -0.3 is 14.8 Å². The second kappa shape index (κ2) is 10.7. The van der Waals surface area contributed by atoms with E-state index in [4.69, 9.17) is 21.1 Å². The van der Waals surface area contributed by atoms with Crippen molar-refractivity contribution in [1.29, 1.82) is 0 Å². The molecule has 3 aromatic rings. The normalized spacial score (nSPS) is 11.7. The smallest absolute Gasteiger partial charge is 0.328 e. The third-order valence-electron chi connectivity index (χ3n) is 4.44. The van der Waals surface area contributed by atoms with E-state index >= 15 is 0 Å². The summed E-state index contributed by atoms with van der Waals surface area (Å²) in [6, 6.07) is 24.0. The van der Waals surface area contributed by atoms with Crippen molar-refractivity contribution in [3.63, 3.8) is 0 Å². The second-order valence-corrected chi connectivity index (χ2v) is 7.94. The Kier molecular flexibility index (Phi) is 7.75. The number of carbonyl (C=O) groups excluding carboxylic acids is 1. The molecule has 1 atom stereocenters. The molecule has 0 aliphatic rings. The standard InChI is InChI=1S/C25H26ClNO3/c1-18(2)15-24(27-21-13-11-20(26)12-14-21)25(28)29-17-19-7-6-10-23(16-19)30-22-8-4-3-5-9-22/h3-14,16,18,24,27H,15,17H2,1-2H3/t24-/m0/s1. The molecule has 3 rings (SSSR count). The first-order valence-corrected chi connectivity index (χ1v) is 10.4. The summed E-state index contributed by atoms with van der Waals surface area (Å²) in [6.45, 7) is 4.34. The molecule has 0 aliphatic heterocycles. The monoisotopic (exact) mass is 423 g/mol. The van der Waals surface area contributed by atoms with Crippen molar-refractivity contribution in [2.45, 2.75) is 32.9 Å². The van der Waals surface area contributed by atoms with E-state index in [1.807, 2.05) is 66.7 Å². The van der Waals surface area contributed by atoms with Gasteiger partial charge in [-0.15, -0.1) is 0 Å². The van der Waals surface area contributed by atoms with Crippen LogP contribution in [-0.4, -0.2) is 12.0 Å². The molecule has 5 heteroatoms. The SMILES string of the molecule is CC(C)C[C@H](Nc1ccc(Cl)cc1)C(=O)OCc1cccc(Oc2ccccc2)c1. The molecule has 3 aromatic carbocycles. The fraction of sp³-hybridized carbons (Fsp3) is 0.240. The lowest BCUT2D eigenvalue weighted by Crippen LogP contribution is -2.32. The number of para-hydroxylation sites is 1. The zero-order valence-corrected chi connectivity index (χ0v) is 17.9. The van der Waals surface area contributed by atoms with E-state index in [0.717, 1.165) is 17.0 Å². The highest BCUT2D eigenvalue weighted by Gasteiger charge is 2.21. The largest absolute Gasteiger partial charge is 0.459 e. The Hall–Kier alpha value is -2.98. The topological polar surface area (TPSA) is 47.6 Å². The lowest BCUT2D eigenvalue weighted by molar-refractivity contribution is -0.146. The molecular formula is C25H26ClNO3. The van der Waals surface area contributed by atoms with E-state index in [0.29, 0.717) is 23.1 Å². The first-order valence-electron chi connectivity index (χ1n) is 10.00. The van der Waals surface area contributed by atoms with E-state index in [1.54, 1.807) is 12.1 Å². The highest BCUT2D eigenvalue weighted by molar-refractivity contribution is 6.30. The quantitative estimate of drug-likeness (QED) is 0.389. The van der Waals surface area contributed by atoms with E-state index in [9.17, 15) is 4.79 Å². The number of hydrogen-bond donors (Lipinski definition) is 1. The molecule has 0 heterocycles. The fourth-order valence-corrected chi connectivity index (χ4v) is 3.14. The molecule has 0 saturated heterocycles. The molecule has 156 valence electrons. The zero-order valence-electron chi connectivity index (χ0n) is 17.2. The maximum atomic E-state index is 12.8. The Labute approximate surface area is 182 Å². The van der Waals surface area contributed by atoms with Crippen molar-refractivity contribution < 1.29 is 14.3 Å². The fourth-order valence-electron chi connectivity index (χ4n) is 3.01. The number of hydrogen-bond acceptors (Lipinski definition) is 4. The maximum Gasteiger partial charge on any atom is 0.328 e. The number of ether oxygens (including phenoxy) is 2. The first-order chi connectivity index (χ1) is 14.5. The van der Waals surface area contributed by atoms with Gasteiger partial charge in [-0.25, -0.2) is 4.79 Å². The van der Waals surface area contributed by atoms with E-state index < -0.39 is 6.04 Å². The highest BCUT2D eigenvalue weighted by Crippen LogP contribution is 2.23. The highest BCUT2D eigenvalue weighted by atomic mass is 35.5. The van der Waals surface area contributed by atoms with Crippen LogP contribution in [0.5, 0.6) is 11.5 Å². The molecule has 0 saturated carbocycles. The van der Waals surface area contributed by atoms with Crippen molar-refractivity contribution in [2.24, 2.45) is 5.92 Å². The average Bonchev–Trinajstić information content (AvgIpc) is 2.74. The number of nitrogens with one attached hydrogen (secondary N) is 1. The minimum Gasteiger partial charge on any atom is -0.459 e. The van der Waals surface area contributed by atoms with Crippen LogP contribution in [0.4, 0.5) is 5.69 Å². The summed E-state index contributed by atoms with van der Waals surface area (Å²) >= 11 is 5.95. The average molecular weight is 424 g/mol. The number of benzene rings is 3. The van der Waals surface area contributed by atoms with E-state index in [1.165, 1.54) is 0 Å². The molecule has 4 nitrogen and oxygen atoms in total. The van der Waals surface area contributed by atoms with Crippen molar-refractivity contribution in [3.8, 4) is 11.5 Å². The van der Waals surface area contributed by atoms with Crippen molar-refractivity contribution in [1.82, 2.24) is 0 Å². The molecule has 0 bridgehead atoms. The van der Waals surface area contributed by atoms with Crippen LogP contribution in [0.15, 0.2) is 78.9 Å². The number of halogens is 1. The Morgan fingerprint density at radius 3 is 2.33 bits per heavy atom. The second-order valence-electron chi connectivity index (χ2n) is 7.50. The Morgan fingerprint density at radius 1 is 0.933 bits per heavy atom. The van der Waals surface area contributed by atoms with Gasteiger partial charge in [0.15, 0.2) is 0 Å². The molecule has 0 unspecified atom stereocenters. The van der Waals surface area contributed by atoms with Gasteiger partial charge in [0.1, 0.15) is 24.1 Å². The summed E-state index contributed by atoms with van der Waals surface area (Å²) in [5.74, 6) is 1.52. The molecule has 0 amide bonds. The summed E-state index contributed by atoms with van der Waals surface area (Å²) in [7, 11) is 0. The van der Waals surface area contributed by atoms with E-state index in [-0.39, 0.29) is 12.6 Å². The molecule has 0 radical (unpaired) electrons. The molecule has 0 spiro atoms. The number of anilines is 1. The van der Waals surface area contributed by atoms with Crippen LogP contribution >= 0.6 is 11.6 Å². The van der Waals surface area contributed by atoms with Crippen LogP contribution in [0.1, 0.15) is 25.8 Å². The van der Waals surface area contributed by atoms with Gasteiger partial charge in [-0.1, -0.05) is 55.8 Å². The number of carbonyl (C=O) groups is 1. The van der Waals surface area contributed by atoms with Gasteiger partial charge in [0, 0.05) is 10.7 Å². The van der Waals surface area contributed by atoms with Gasteiger partial charge in [-0.05, 0) is 66.4 Å². The van der Waals surface area contributed by atoms with Gasteiger partial charge in [0.05, 0.1) is 0 Å². The van der Waals surface area contributed by atoms with E-state index in [2.05, 4.69) is 19.2 Å². The Balaban J connectivity index is 1.61. The third-order valence-corrected chi connectivity index (χ3v) is 4.69. The first kappa shape index (κ1) is 21.7. The predicted octanol–water partition coefficient (Wildman–Crippen LogP) is 6.70.